The minimum Gasteiger partial charge on any atom is -0.296 e. The average Bonchev–Trinajstić information content (AvgIpc) is 2.05. The predicted octanol–water partition coefficient (Wildman–Crippen LogP) is 1.27. The molecule has 0 amide bonds. The fraction of sp³-hybridized carbons (Fsp3) is 0. The summed E-state index contributed by atoms with van der Waals surface area (Å²) in [4.78, 5) is 24.2. The summed E-state index contributed by atoms with van der Waals surface area (Å²) in [5, 5.41) is -0.574. The van der Waals surface area contributed by atoms with Crippen LogP contribution in [-0.2, 0) is 0 Å². The zero-order valence-electron chi connectivity index (χ0n) is 5.45. The summed E-state index contributed by atoms with van der Waals surface area (Å²) in [6.45, 7) is 0. The number of carbonyl (C=O) groups is 2. The van der Waals surface area contributed by atoms with E-state index >= 15 is 0 Å². The zero-order valence-corrected chi connectivity index (χ0v) is 6.21. The first-order valence-electron chi connectivity index (χ1n) is 2.85. The van der Waals surface area contributed by atoms with E-state index in [-0.39, 0.29) is 11.3 Å². The van der Waals surface area contributed by atoms with Gasteiger partial charge in [-0.2, -0.15) is 0 Å². The van der Waals surface area contributed by atoms with Crippen molar-refractivity contribution in [3.05, 3.63) is 29.6 Å². The minimum atomic E-state index is -0.574. The molecular formula is C7H4ClNO2. The van der Waals surface area contributed by atoms with E-state index in [4.69, 9.17) is 11.6 Å². The Kier molecular flexibility index (Phi) is 2.33. The molecule has 56 valence electrons. The molecule has 4 heteroatoms. The number of hydrogen-bond donors (Lipinski definition) is 0. The lowest BCUT2D eigenvalue weighted by Gasteiger charge is -1.91. The molecule has 11 heavy (non-hydrogen) atoms. The maximum Gasteiger partial charge on any atom is 0.253 e. The van der Waals surface area contributed by atoms with Crippen molar-refractivity contribution in [2.45, 2.75) is 0 Å². The Morgan fingerprint density at radius 1 is 1.55 bits per heavy atom. The van der Waals surface area contributed by atoms with Crippen LogP contribution in [0.4, 0.5) is 0 Å². The van der Waals surface area contributed by atoms with Crippen LogP contribution in [0.3, 0.4) is 0 Å². The topological polar surface area (TPSA) is 47.0 Å². The fourth-order valence-electron chi connectivity index (χ4n) is 0.591. The molecule has 0 saturated carbocycles. The third-order valence-electron chi connectivity index (χ3n) is 1.13. The van der Waals surface area contributed by atoms with Crippen LogP contribution < -0.4 is 0 Å². The molecule has 0 fully saturated rings. The van der Waals surface area contributed by atoms with Crippen molar-refractivity contribution in [1.82, 2.24) is 4.98 Å². The third-order valence-corrected chi connectivity index (χ3v) is 1.35. The second kappa shape index (κ2) is 3.25. The standard InChI is InChI=1S/C7H4ClNO2/c8-7(11)5-1-2-6(4-10)9-3-5/h1-4H. The van der Waals surface area contributed by atoms with E-state index in [9.17, 15) is 9.59 Å². The number of hydrogen-bond acceptors (Lipinski definition) is 3. The van der Waals surface area contributed by atoms with Gasteiger partial charge in [-0.3, -0.25) is 14.6 Å². The molecule has 0 spiro atoms. The minimum absolute atomic E-state index is 0.284. The molecule has 0 saturated heterocycles. The lowest BCUT2D eigenvalue weighted by atomic mass is 10.3. The van der Waals surface area contributed by atoms with Gasteiger partial charge >= 0.3 is 0 Å². The summed E-state index contributed by atoms with van der Waals surface area (Å²) in [6, 6.07) is 2.88. The van der Waals surface area contributed by atoms with E-state index in [2.05, 4.69) is 4.98 Å². The molecule has 0 N–H and O–H groups in total. The number of nitrogens with zero attached hydrogens (tertiary/aromatic N) is 1. The van der Waals surface area contributed by atoms with Gasteiger partial charge in [0.1, 0.15) is 5.69 Å². The Balaban J connectivity index is 3.00. The van der Waals surface area contributed by atoms with Gasteiger partial charge in [0.2, 0.25) is 0 Å². The summed E-state index contributed by atoms with van der Waals surface area (Å²) in [7, 11) is 0. The van der Waals surface area contributed by atoms with Crippen molar-refractivity contribution in [2.75, 3.05) is 0 Å². The quantitative estimate of drug-likeness (QED) is 0.495. The highest BCUT2D eigenvalue weighted by molar-refractivity contribution is 6.67. The van der Waals surface area contributed by atoms with Crippen LogP contribution in [0.5, 0.6) is 0 Å². The lowest BCUT2D eigenvalue weighted by Crippen LogP contribution is -1.92. The van der Waals surface area contributed by atoms with E-state index in [1.165, 1.54) is 18.3 Å². The summed E-state index contributed by atoms with van der Waals surface area (Å²) in [5.74, 6) is 0. The molecule has 0 aliphatic rings. The molecule has 0 unspecified atom stereocenters. The van der Waals surface area contributed by atoms with Gasteiger partial charge in [-0.15, -0.1) is 0 Å². The highest BCUT2D eigenvalue weighted by Crippen LogP contribution is 2.01. The number of aromatic nitrogens is 1. The lowest BCUT2D eigenvalue weighted by molar-refractivity contribution is 0.107. The largest absolute Gasteiger partial charge is 0.296 e. The van der Waals surface area contributed by atoms with Crippen molar-refractivity contribution in [3.63, 3.8) is 0 Å². The molecule has 1 rings (SSSR count). The first kappa shape index (κ1) is 7.88. The highest BCUT2D eigenvalue weighted by Gasteiger charge is 2.00. The number of pyridine rings is 1. The summed E-state index contributed by atoms with van der Waals surface area (Å²) in [5.41, 5.74) is 0.573. The molecule has 1 aromatic rings. The normalized spacial score (nSPS) is 9.18. The van der Waals surface area contributed by atoms with Crippen LogP contribution in [-0.4, -0.2) is 16.5 Å². The molecule has 0 radical (unpaired) electrons. The van der Waals surface area contributed by atoms with Crippen LogP contribution >= 0.6 is 11.6 Å². The van der Waals surface area contributed by atoms with Crippen LogP contribution in [0.25, 0.3) is 0 Å². The highest BCUT2D eigenvalue weighted by atomic mass is 35.5. The summed E-state index contributed by atoms with van der Waals surface area (Å²) < 4.78 is 0. The number of halogens is 1. The number of rotatable bonds is 2. The van der Waals surface area contributed by atoms with Crippen molar-refractivity contribution < 1.29 is 9.59 Å². The van der Waals surface area contributed by atoms with Gasteiger partial charge in [-0.05, 0) is 23.7 Å². The fourth-order valence-corrected chi connectivity index (χ4v) is 0.703. The Hall–Kier alpha value is -1.22. The second-order valence-corrected chi connectivity index (χ2v) is 2.21. The SMILES string of the molecule is O=Cc1ccc(C(=O)Cl)cn1. The van der Waals surface area contributed by atoms with E-state index in [1.807, 2.05) is 0 Å². The maximum absolute atomic E-state index is 10.5. The Morgan fingerprint density at radius 3 is 2.64 bits per heavy atom. The molecule has 1 aromatic heterocycles. The van der Waals surface area contributed by atoms with E-state index < -0.39 is 5.24 Å². The molecule has 0 aliphatic heterocycles. The van der Waals surface area contributed by atoms with Crippen LogP contribution in [0.1, 0.15) is 20.8 Å². The van der Waals surface area contributed by atoms with Gasteiger partial charge in [0.05, 0.1) is 5.56 Å². The van der Waals surface area contributed by atoms with E-state index in [1.54, 1.807) is 0 Å². The monoisotopic (exact) mass is 169 g/mol. The van der Waals surface area contributed by atoms with Crippen molar-refractivity contribution in [2.24, 2.45) is 0 Å². The Labute approximate surface area is 68.0 Å². The molecular weight excluding hydrogens is 166 g/mol. The van der Waals surface area contributed by atoms with E-state index in [0.717, 1.165) is 0 Å². The third kappa shape index (κ3) is 1.85. The molecule has 0 atom stereocenters. The Bertz CT molecular complexity index is 281. The van der Waals surface area contributed by atoms with Gasteiger partial charge in [-0.1, -0.05) is 0 Å². The van der Waals surface area contributed by atoms with Crippen LogP contribution in [0.2, 0.25) is 0 Å². The van der Waals surface area contributed by atoms with Crippen LogP contribution in [0.15, 0.2) is 18.3 Å². The summed E-state index contributed by atoms with van der Waals surface area (Å²) in [6.07, 6.45) is 1.86. The zero-order chi connectivity index (χ0) is 8.27. The van der Waals surface area contributed by atoms with Crippen molar-refractivity contribution >= 4 is 23.1 Å². The van der Waals surface area contributed by atoms with Gasteiger partial charge in [0, 0.05) is 6.20 Å². The van der Waals surface area contributed by atoms with Crippen molar-refractivity contribution in [1.29, 1.82) is 0 Å². The average molecular weight is 170 g/mol. The Morgan fingerprint density at radius 2 is 2.27 bits per heavy atom. The van der Waals surface area contributed by atoms with Gasteiger partial charge in [-0.25, -0.2) is 0 Å². The van der Waals surface area contributed by atoms with Gasteiger partial charge in [0.25, 0.3) is 5.24 Å². The van der Waals surface area contributed by atoms with Gasteiger partial charge in [0.15, 0.2) is 6.29 Å². The molecule has 3 nitrogen and oxygen atoms in total. The van der Waals surface area contributed by atoms with Gasteiger partial charge < -0.3 is 0 Å². The first-order chi connectivity index (χ1) is 5.24. The number of aldehydes is 1. The smallest absolute Gasteiger partial charge is 0.253 e. The molecule has 0 aromatic carbocycles. The summed E-state index contributed by atoms with van der Waals surface area (Å²) >= 11 is 5.13. The first-order valence-corrected chi connectivity index (χ1v) is 3.23. The maximum atomic E-state index is 10.5. The molecule has 0 aliphatic carbocycles. The molecule has 0 bridgehead atoms. The van der Waals surface area contributed by atoms with Crippen molar-refractivity contribution in [3.8, 4) is 0 Å². The van der Waals surface area contributed by atoms with E-state index in [0.29, 0.717) is 6.29 Å². The molecule has 1 heterocycles. The number of carbonyl (C=O) groups excluding carboxylic acids is 2. The van der Waals surface area contributed by atoms with Crippen LogP contribution in [0, 0.1) is 0 Å². The second-order valence-electron chi connectivity index (χ2n) is 1.86. The predicted molar refractivity (Wildman–Crippen MR) is 39.8 cm³/mol.